The Morgan fingerprint density at radius 3 is 2.22 bits per heavy atom. The van der Waals surface area contributed by atoms with Gasteiger partial charge in [0.1, 0.15) is 0 Å². The molecule has 4 rings (SSSR count). The second-order valence-electron chi connectivity index (χ2n) is 9.31. The molecule has 1 aliphatic rings. The number of nitrogens with one attached hydrogen (secondary N) is 3. The van der Waals surface area contributed by atoms with E-state index in [9.17, 15) is 9.59 Å². The molecule has 36 heavy (non-hydrogen) atoms. The number of hydrogen-bond acceptors (Lipinski definition) is 4. The Morgan fingerprint density at radius 2 is 1.56 bits per heavy atom. The molecular weight excluding hydrogens is 468 g/mol. The zero-order valence-corrected chi connectivity index (χ0v) is 21.9. The Hall–Kier alpha value is -3.45. The maximum absolute atomic E-state index is 13.5. The van der Waals surface area contributed by atoms with Gasteiger partial charge in [-0.2, -0.15) is 0 Å². The average molecular weight is 503 g/mol. The molecule has 0 aromatic heterocycles. The van der Waals surface area contributed by atoms with Crippen molar-refractivity contribution in [2.24, 2.45) is 5.92 Å². The molecule has 1 atom stereocenters. The highest BCUT2D eigenvalue weighted by atomic mass is 32.2. The highest BCUT2D eigenvalue weighted by Gasteiger charge is 2.23. The van der Waals surface area contributed by atoms with Crippen molar-refractivity contribution in [3.05, 3.63) is 83.9 Å². The van der Waals surface area contributed by atoms with E-state index < -0.39 is 0 Å². The van der Waals surface area contributed by atoms with Gasteiger partial charge in [0, 0.05) is 35.0 Å². The number of nitrogens with zero attached hydrogens (tertiary/aromatic N) is 1. The fourth-order valence-corrected chi connectivity index (χ4v) is 4.80. The van der Waals surface area contributed by atoms with Crippen LogP contribution in [-0.4, -0.2) is 31.3 Å². The molecule has 3 N–H and O–H groups in total. The number of hydrogen-bond donors (Lipinski definition) is 3. The Kier molecular flexibility index (Phi) is 8.54. The minimum atomic E-state index is -0.351. The zero-order valence-electron chi connectivity index (χ0n) is 21.1. The van der Waals surface area contributed by atoms with Crippen LogP contribution in [0.1, 0.15) is 48.7 Å². The minimum absolute atomic E-state index is 0.142. The van der Waals surface area contributed by atoms with Gasteiger partial charge in [0.15, 0.2) is 0 Å². The fraction of sp³-hybridized carbons (Fsp3) is 0.310. The van der Waals surface area contributed by atoms with Gasteiger partial charge in [-0.3, -0.25) is 4.79 Å². The van der Waals surface area contributed by atoms with Gasteiger partial charge >= 0.3 is 6.03 Å². The summed E-state index contributed by atoms with van der Waals surface area (Å²) in [5, 5.41) is 8.88. The van der Waals surface area contributed by atoms with Crippen LogP contribution in [0.5, 0.6) is 0 Å². The van der Waals surface area contributed by atoms with Gasteiger partial charge in [-0.25, -0.2) is 4.79 Å². The lowest BCUT2D eigenvalue weighted by molar-refractivity contribution is 0.0940. The van der Waals surface area contributed by atoms with E-state index in [1.807, 2.05) is 79.9 Å². The van der Waals surface area contributed by atoms with Crippen molar-refractivity contribution in [3.8, 4) is 0 Å². The van der Waals surface area contributed by atoms with Crippen molar-refractivity contribution in [1.29, 1.82) is 0 Å². The lowest BCUT2D eigenvalue weighted by atomic mass is 9.97. The van der Waals surface area contributed by atoms with Crippen molar-refractivity contribution in [2.45, 2.75) is 37.6 Å². The van der Waals surface area contributed by atoms with Crippen molar-refractivity contribution < 1.29 is 9.59 Å². The summed E-state index contributed by atoms with van der Waals surface area (Å²) in [6, 6.07) is 22.7. The standard InChI is InChI=1S/C29H34N4O2S/c1-20-15-17-33(18-16-20)27-14-11-24(32-29(35)31-23-9-12-25(36-3)13-10-23)19-26(27)28(34)30-21(2)22-7-5-4-6-8-22/h4-14,19-21H,15-18H2,1-3H3,(H,30,34)(H2,31,32,35). The zero-order chi connectivity index (χ0) is 25.5. The SMILES string of the molecule is CSc1ccc(NC(=O)Nc2ccc(N3CCC(C)CC3)c(C(=O)NC(C)c3ccccc3)c2)cc1. The molecule has 1 fully saturated rings. The number of benzene rings is 3. The van der Waals surface area contributed by atoms with E-state index in [-0.39, 0.29) is 18.0 Å². The first kappa shape index (κ1) is 25.6. The van der Waals surface area contributed by atoms with Crippen LogP contribution >= 0.6 is 11.8 Å². The van der Waals surface area contributed by atoms with Crippen LogP contribution in [0.2, 0.25) is 0 Å². The van der Waals surface area contributed by atoms with Crippen molar-refractivity contribution in [3.63, 3.8) is 0 Å². The van der Waals surface area contributed by atoms with Gasteiger partial charge in [-0.1, -0.05) is 37.3 Å². The normalized spacial score (nSPS) is 14.7. The minimum Gasteiger partial charge on any atom is -0.371 e. The molecule has 0 spiro atoms. The molecule has 1 aliphatic heterocycles. The van der Waals surface area contributed by atoms with Crippen molar-refractivity contribution in [1.82, 2.24) is 5.32 Å². The second-order valence-corrected chi connectivity index (χ2v) is 10.2. The smallest absolute Gasteiger partial charge is 0.323 e. The Labute approximate surface area is 217 Å². The summed E-state index contributed by atoms with van der Waals surface area (Å²) in [6.07, 6.45) is 4.20. The number of anilines is 3. The molecule has 188 valence electrons. The van der Waals surface area contributed by atoms with Crippen molar-refractivity contribution in [2.75, 3.05) is 34.9 Å². The number of rotatable bonds is 7. The molecular formula is C29H34N4O2S. The second kappa shape index (κ2) is 12.0. The molecule has 0 bridgehead atoms. The van der Waals surface area contributed by atoms with Crippen LogP contribution in [0.4, 0.5) is 21.9 Å². The first-order valence-corrected chi connectivity index (χ1v) is 13.6. The molecule has 3 aromatic carbocycles. The number of urea groups is 1. The van der Waals surface area contributed by atoms with E-state index >= 15 is 0 Å². The van der Waals surface area contributed by atoms with Crippen LogP contribution in [0.3, 0.4) is 0 Å². The Bertz CT molecular complexity index is 1180. The largest absolute Gasteiger partial charge is 0.371 e. The highest BCUT2D eigenvalue weighted by Crippen LogP contribution is 2.29. The van der Waals surface area contributed by atoms with Gasteiger partial charge in [-0.05, 0) is 80.0 Å². The van der Waals surface area contributed by atoms with E-state index in [1.54, 1.807) is 17.8 Å². The topological polar surface area (TPSA) is 73.5 Å². The molecule has 0 aliphatic carbocycles. The quantitative estimate of drug-likeness (QED) is 0.311. The third kappa shape index (κ3) is 6.61. The number of carbonyl (C=O) groups is 2. The molecule has 1 unspecified atom stereocenters. The summed E-state index contributed by atoms with van der Waals surface area (Å²) in [6.45, 7) is 6.07. The lowest BCUT2D eigenvalue weighted by Crippen LogP contribution is -2.35. The molecule has 1 saturated heterocycles. The Balaban J connectivity index is 1.53. The van der Waals surface area contributed by atoms with Gasteiger partial charge in [0.2, 0.25) is 0 Å². The van der Waals surface area contributed by atoms with Crippen LogP contribution in [0.15, 0.2) is 77.7 Å². The van der Waals surface area contributed by atoms with Gasteiger partial charge in [0.05, 0.1) is 11.6 Å². The Morgan fingerprint density at radius 1 is 0.917 bits per heavy atom. The number of amides is 3. The molecule has 1 heterocycles. The van der Waals surface area contributed by atoms with Gasteiger partial charge in [-0.15, -0.1) is 11.8 Å². The molecule has 7 heteroatoms. The van der Waals surface area contributed by atoms with Crippen molar-refractivity contribution >= 4 is 40.8 Å². The fourth-order valence-electron chi connectivity index (χ4n) is 4.39. The van der Waals surface area contributed by atoms with E-state index in [1.165, 1.54) is 0 Å². The molecule has 3 aromatic rings. The maximum Gasteiger partial charge on any atom is 0.323 e. The highest BCUT2D eigenvalue weighted by molar-refractivity contribution is 7.98. The molecule has 3 amide bonds. The molecule has 0 saturated carbocycles. The van der Waals surface area contributed by atoms with Crippen LogP contribution in [0.25, 0.3) is 0 Å². The summed E-state index contributed by atoms with van der Waals surface area (Å²) in [5.41, 5.74) is 3.78. The predicted octanol–water partition coefficient (Wildman–Crippen LogP) is 6.78. The summed E-state index contributed by atoms with van der Waals surface area (Å²) in [5.74, 6) is 0.530. The average Bonchev–Trinajstić information content (AvgIpc) is 2.90. The molecule has 0 radical (unpaired) electrons. The number of thioether (sulfide) groups is 1. The van der Waals surface area contributed by atoms with E-state index in [0.29, 0.717) is 22.9 Å². The summed E-state index contributed by atoms with van der Waals surface area (Å²) in [7, 11) is 0. The molecule has 6 nitrogen and oxygen atoms in total. The van der Waals surface area contributed by atoms with E-state index in [4.69, 9.17) is 0 Å². The number of carbonyl (C=O) groups excluding carboxylic acids is 2. The van der Waals surface area contributed by atoms with Gasteiger partial charge in [0.25, 0.3) is 5.91 Å². The van der Waals surface area contributed by atoms with E-state index in [0.717, 1.165) is 42.1 Å². The lowest BCUT2D eigenvalue weighted by Gasteiger charge is -2.33. The monoisotopic (exact) mass is 502 g/mol. The van der Waals surface area contributed by atoms with Gasteiger partial charge < -0.3 is 20.9 Å². The third-order valence-electron chi connectivity index (χ3n) is 6.62. The van der Waals surface area contributed by atoms with Crippen LogP contribution < -0.4 is 20.9 Å². The maximum atomic E-state index is 13.5. The third-order valence-corrected chi connectivity index (χ3v) is 7.36. The summed E-state index contributed by atoms with van der Waals surface area (Å²) >= 11 is 1.65. The van der Waals surface area contributed by atoms with Crippen LogP contribution in [0, 0.1) is 5.92 Å². The van der Waals surface area contributed by atoms with Crippen LogP contribution in [-0.2, 0) is 0 Å². The number of piperidine rings is 1. The van der Waals surface area contributed by atoms with E-state index in [2.05, 4.69) is 27.8 Å². The summed E-state index contributed by atoms with van der Waals surface area (Å²) < 4.78 is 0. The summed E-state index contributed by atoms with van der Waals surface area (Å²) in [4.78, 5) is 29.5. The predicted molar refractivity (Wildman–Crippen MR) is 150 cm³/mol. The first-order chi connectivity index (χ1) is 17.4. The first-order valence-electron chi connectivity index (χ1n) is 12.4.